The molecule has 0 radical (unpaired) electrons. The average Bonchev–Trinajstić information content (AvgIpc) is 2.56. The number of ether oxygens (including phenoxy) is 1. The Morgan fingerprint density at radius 2 is 1.90 bits per heavy atom. The highest BCUT2D eigenvalue weighted by atomic mass is 16.5. The van der Waals surface area contributed by atoms with E-state index in [0.717, 1.165) is 55.9 Å². The Morgan fingerprint density at radius 3 is 2.62 bits per heavy atom. The summed E-state index contributed by atoms with van der Waals surface area (Å²) in [5, 5.41) is 3.29. The van der Waals surface area contributed by atoms with Gasteiger partial charge in [-0.25, -0.2) is 4.98 Å². The fourth-order valence-electron chi connectivity index (χ4n) is 2.37. The summed E-state index contributed by atoms with van der Waals surface area (Å²) < 4.78 is 5.40. The van der Waals surface area contributed by atoms with E-state index in [9.17, 15) is 0 Å². The van der Waals surface area contributed by atoms with Gasteiger partial charge in [0.15, 0.2) is 0 Å². The zero-order chi connectivity index (χ0) is 14.5. The molecule has 1 N–H and O–H groups in total. The molecule has 0 amide bonds. The summed E-state index contributed by atoms with van der Waals surface area (Å²) in [6.45, 7) is 6.05. The number of benzene rings is 1. The molecule has 0 spiro atoms. The maximum atomic E-state index is 5.40. The Labute approximate surface area is 125 Å². The van der Waals surface area contributed by atoms with Crippen molar-refractivity contribution in [3.8, 4) is 11.3 Å². The predicted molar refractivity (Wildman–Crippen MR) is 84.7 cm³/mol. The van der Waals surface area contributed by atoms with Gasteiger partial charge in [-0.15, -0.1) is 0 Å². The molecule has 21 heavy (non-hydrogen) atoms. The van der Waals surface area contributed by atoms with Gasteiger partial charge in [-0.2, -0.15) is 4.98 Å². The first-order valence-corrected chi connectivity index (χ1v) is 7.38. The van der Waals surface area contributed by atoms with E-state index in [1.807, 2.05) is 24.3 Å². The third kappa shape index (κ3) is 3.31. The molecule has 1 aliphatic rings. The fourth-order valence-corrected chi connectivity index (χ4v) is 2.37. The van der Waals surface area contributed by atoms with Crippen molar-refractivity contribution in [3.63, 3.8) is 0 Å². The summed E-state index contributed by atoms with van der Waals surface area (Å²) in [6, 6.07) is 12.2. The fraction of sp³-hybridized carbons (Fsp3) is 0.375. The van der Waals surface area contributed by atoms with Crippen LogP contribution >= 0.6 is 0 Å². The molecule has 1 aliphatic heterocycles. The largest absolute Gasteiger partial charge is 0.378 e. The number of nitrogens with zero attached hydrogens (tertiary/aromatic N) is 3. The lowest BCUT2D eigenvalue weighted by Gasteiger charge is -2.27. The van der Waals surface area contributed by atoms with Crippen LogP contribution in [0.3, 0.4) is 0 Å². The lowest BCUT2D eigenvalue weighted by Crippen LogP contribution is -2.37. The van der Waals surface area contributed by atoms with Gasteiger partial charge in [0.2, 0.25) is 5.95 Å². The molecule has 0 aliphatic carbocycles. The molecule has 1 fully saturated rings. The standard InChI is InChI=1S/C16H20N4O/c1-2-17-15-12-14(13-6-4-3-5-7-13)18-16(19-15)20-8-10-21-11-9-20/h3-7,12H,2,8-11H2,1H3,(H,17,18,19). The Kier molecular flexibility index (Phi) is 4.31. The third-order valence-corrected chi connectivity index (χ3v) is 3.44. The first kappa shape index (κ1) is 13.8. The van der Waals surface area contributed by atoms with E-state index in [1.165, 1.54) is 0 Å². The third-order valence-electron chi connectivity index (χ3n) is 3.44. The van der Waals surface area contributed by atoms with Crippen molar-refractivity contribution in [1.82, 2.24) is 9.97 Å². The van der Waals surface area contributed by atoms with Crippen LogP contribution in [-0.4, -0.2) is 42.8 Å². The van der Waals surface area contributed by atoms with Gasteiger partial charge < -0.3 is 15.0 Å². The molecule has 1 aromatic carbocycles. The number of hydrogen-bond acceptors (Lipinski definition) is 5. The minimum absolute atomic E-state index is 0.732. The molecule has 2 heterocycles. The van der Waals surface area contributed by atoms with Crippen LogP contribution in [0.4, 0.5) is 11.8 Å². The highest BCUT2D eigenvalue weighted by molar-refractivity contribution is 5.64. The zero-order valence-corrected chi connectivity index (χ0v) is 12.2. The molecule has 0 bridgehead atoms. The molecular weight excluding hydrogens is 264 g/mol. The zero-order valence-electron chi connectivity index (χ0n) is 12.2. The number of morpholine rings is 1. The van der Waals surface area contributed by atoms with Crippen molar-refractivity contribution in [2.24, 2.45) is 0 Å². The second kappa shape index (κ2) is 6.54. The molecule has 2 aromatic rings. The number of aromatic nitrogens is 2. The van der Waals surface area contributed by atoms with Crippen LogP contribution in [0.15, 0.2) is 36.4 Å². The number of anilines is 2. The summed E-state index contributed by atoms with van der Waals surface area (Å²) in [5.74, 6) is 1.64. The first-order chi connectivity index (χ1) is 10.4. The van der Waals surface area contributed by atoms with E-state index in [0.29, 0.717) is 0 Å². The quantitative estimate of drug-likeness (QED) is 0.934. The molecule has 3 rings (SSSR count). The number of hydrogen-bond donors (Lipinski definition) is 1. The van der Waals surface area contributed by atoms with Gasteiger partial charge in [0.25, 0.3) is 0 Å². The first-order valence-electron chi connectivity index (χ1n) is 7.38. The minimum atomic E-state index is 0.732. The van der Waals surface area contributed by atoms with Gasteiger partial charge in [0, 0.05) is 31.3 Å². The van der Waals surface area contributed by atoms with Crippen molar-refractivity contribution >= 4 is 11.8 Å². The molecule has 1 saturated heterocycles. The second-order valence-corrected chi connectivity index (χ2v) is 4.93. The molecule has 0 saturated carbocycles. The summed E-state index contributed by atoms with van der Waals surface area (Å²) in [5.41, 5.74) is 2.05. The average molecular weight is 284 g/mol. The molecule has 5 heteroatoms. The van der Waals surface area contributed by atoms with Crippen LogP contribution in [0.2, 0.25) is 0 Å². The van der Waals surface area contributed by atoms with E-state index in [1.54, 1.807) is 0 Å². The second-order valence-electron chi connectivity index (χ2n) is 4.93. The number of rotatable bonds is 4. The molecular formula is C16H20N4O. The summed E-state index contributed by atoms with van der Waals surface area (Å²) in [4.78, 5) is 11.5. The number of nitrogens with one attached hydrogen (secondary N) is 1. The maximum Gasteiger partial charge on any atom is 0.228 e. The normalized spacial score (nSPS) is 15.0. The van der Waals surface area contributed by atoms with Crippen LogP contribution in [0.1, 0.15) is 6.92 Å². The van der Waals surface area contributed by atoms with E-state index >= 15 is 0 Å². The van der Waals surface area contributed by atoms with Crippen LogP contribution in [-0.2, 0) is 4.74 Å². The Hall–Kier alpha value is -2.14. The SMILES string of the molecule is CCNc1cc(-c2ccccc2)nc(N2CCOCC2)n1. The van der Waals surface area contributed by atoms with E-state index in [-0.39, 0.29) is 0 Å². The van der Waals surface area contributed by atoms with Crippen LogP contribution in [0.5, 0.6) is 0 Å². The lowest BCUT2D eigenvalue weighted by atomic mass is 10.1. The Morgan fingerprint density at radius 1 is 1.14 bits per heavy atom. The minimum Gasteiger partial charge on any atom is -0.378 e. The Balaban J connectivity index is 1.97. The highest BCUT2D eigenvalue weighted by Gasteiger charge is 2.16. The van der Waals surface area contributed by atoms with E-state index in [4.69, 9.17) is 9.72 Å². The summed E-state index contributed by atoms with van der Waals surface area (Å²) in [7, 11) is 0. The van der Waals surface area contributed by atoms with Crippen molar-refractivity contribution in [3.05, 3.63) is 36.4 Å². The lowest BCUT2D eigenvalue weighted by molar-refractivity contribution is 0.122. The smallest absolute Gasteiger partial charge is 0.228 e. The molecule has 110 valence electrons. The molecule has 5 nitrogen and oxygen atoms in total. The molecule has 0 atom stereocenters. The van der Waals surface area contributed by atoms with Crippen LogP contribution < -0.4 is 10.2 Å². The van der Waals surface area contributed by atoms with Gasteiger partial charge >= 0.3 is 0 Å². The van der Waals surface area contributed by atoms with Crippen LogP contribution in [0.25, 0.3) is 11.3 Å². The van der Waals surface area contributed by atoms with Crippen molar-refractivity contribution in [2.75, 3.05) is 43.1 Å². The van der Waals surface area contributed by atoms with Gasteiger partial charge in [0.1, 0.15) is 5.82 Å². The van der Waals surface area contributed by atoms with E-state index in [2.05, 4.69) is 34.3 Å². The van der Waals surface area contributed by atoms with E-state index < -0.39 is 0 Å². The maximum absolute atomic E-state index is 5.40. The summed E-state index contributed by atoms with van der Waals surface area (Å²) in [6.07, 6.45) is 0. The molecule has 0 unspecified atom stereocenters. The Bertz CT molecular complexity index is 582. The van der Waals surface area contributed by atoms with Gasteiger partial charge in [-0.3, -0.25) is 0 Å². The van der Waals surface area contributed by atoms with Crippen molar-refractivity contribution < 1.29 is 4.74 Å². The predicted octanol–water partition coefficient (Wildman–Crippen LogP) is 2.41. The van der Waals surface area contributed by atoms with Crippen LogP contribution in [0, 0.1) is 0 Å². The van der Waals surface area contributed by atoms with Crippen molar-refractivity contribution in [1.29, 1.82) is 0 Å². The van der Waals surface area contributed by atoms with Gasteiger partial charge in [-0.05, 0) is 6.92 Å². The topological polar surface area (TPSA) is 50.3 Å². The monoisotopic (exact) mass is 284 g/mol. The highest BCUT2D eigenvalue weighted by Crippen LogP contribution is 2.23. The van der Waals surface area contributed by atoms with Crippen molar-refractivity contribution in [2.45, 2.75) is 6.92 Å². The summed E-state index contributed by atoms with van der Waals surface area (Å²) >= 11 is 0. The van der Waals surface area contributed by atoms with Gasteiger partial charge in [-0.1, -0.05) is 30.3 Å². The molecule has 1 aromatic heterocycles. The van der Waals surface area contributed by atoms with Gasteiger partial charge in [0.05, 0.1) is 18.9 Å².